The van der Waals surface area contributed by atoms with Crippen molar-refractivity contribution >= 4 is 27.3 Å². The molecule has 22 heavy (non-hydrogen) atoms. The van der Waals surface area contributed by atoms with Gasteiger partial charge in [-0.2, -0.15) is 5.26 Å². The van der Waals surface area contributed by atoms with Gasteiger partial charge in [0.15, 0.2) is 15.5 Å². The fourth-order valence-corrected chi connectivity index (χ4v) is 4.98. The molecule has 2 fully saturated rings. The second kappa shape index (κ2) is 6.03. The quantitative estimate of drug-likeness (QED) is 0.796. The van der Waals surface area contributed by atoms with Gasteiger partial charge in [0.1, 0.15) is 11.9 Å². The zero-order valence-corrected chi connectivity index (χ0v) is 13.6. The first-order chi connectivity index (χ1) is 10.5. The van der Waals surface area contributed by atoms with E-state index in [2.05, 4.69) is 14.8 Å². The second-order valence-electron chi connectivity index (χ2n) is 5.69. The molecule has 2 aliphatic rings. The van der Waals surface area contributed by atoms with E-state index in [9.17, 15) is 8.42 Å². The zero-order valence-electron chi connectivity index (χ0n) is 12.1. The molecule has 118 valence electrons. The van der Waals surface area contributed by atoms with Gasteiger partial charge in [0.2, 0.25) is 0 Å². The first-order valence-electron chi connectivity index (χ1n) is 7.24. The number of sulfone groups is 1. The molecule has 1 aromatic rings. The van der Waals surface area contributed by atoms with Crippen molar-refractivity contribution in [3.8, 4) is 6.07 Å². The predicted octanol–water partition coefficient (Wildman–Crippen LogP) is 0.916. The molecule has 1 atom stereocenters. The molecule has 0 unspecified atom stereocenters. The molecule has 0 spiro atoms. The van der Waals surface area contributed by atoms with Crippen molar-refractivity contribution in [3.63, 3.8) is 0 Å². The number of halogens is 1. The highest BCUT2D eigenvalue weighted by molar-refractivity contribution is 7.91. The van der Waals surface area contributed by atoms with Crippen LogP contribution in [0.15, 0.2) is 12.1 Å². The Morgan fingerprint density at radius 3 is 2.59 bits per heavy atom. The Kier molecular flexibility index (Phi) is 4.26. The summed E-state index contributed by atoms with van der Waals surface area (Å²) in [5.74, 6) is 1.34. The summed E-state index contributed by atoms with van der Waals surface area (Å²) in [4.78, 5) is 8.64. The van der Waals surface area contributed by atoms with Gasteiger partial charge in [0.05, 0.1) is 16.5 Å². The first kappa shape index (κ1) is 15.5. The van der Waals surface area contributed by atoms with Crippen LogP contribution in [0.5, 0.6) is 0 Å². The van der Waals surface area contributed by atoms with E-state index < -0.39 is 9.84 Å². The van der Waals surface area contributed by atoms with Crippen LogP contribution in [0.3, 0.4) is 0 Å². The van der Waals surface area contributed by atoms with E-state index in [0.717, 1.165) is 38.4 Å². The van der Waals surface area contributed by atoms with Crippen LogP contribution in [0.2, 0.25) is 5.02 Å². The Morgan fingerprint density at radius 1 is 1.27 bits per heavy atom. The predicted molar refractivity (Wildman–Crippen MR) is 84.8 cm³/mol. The summed E-state index contributed by atoms with van der Waals surface area (Å²) in [5, 5.41) is 9.36. The maximum Gasteiger partial charge on any atom is 0.161 e. The minimum absolute atomic E-state index is 0.153. The SMILES string of the molecule is N#Cc1nc(N2CCN([C@@H]3CCS(=O)(=O)C3)CC2)ccc1Cl. The number of hydrogen-bond acceptors (Lipinski definition) is 6. The molecule has 3 rings (SSSR count). The highest BCUT2D eigenvalue weighted by atomic mass is 35.5. The van der Waals surface area contributed by atoms with Crippen LogP contribution in [0.1, 0.15) is 12.1 Å². The molecule has 6 nitrogen and oxygen atoms in total. The van der Waals surface area contributed by atoms with Gasteiger partial charge in [-0.25, -0.2) is 13.4 Å². The van der Waals surface area contributed by atoms with E-state index in [1.54, 1.807) is 6.07 Å². The van der Waals surface area contributed by atoms with Crippen molar-refractivity contribution in [1.29, 1.82) is 5.26 Å². The monoisotopic (exact) mass is 340 g/mol. The minimum atomic E-state index is -2.84. The van der Waals surface area contributed by atoms with Gasteiger partial charge < -0.3 is 4.90 Å². The van der Waals surface area contributed by atoms with E-state index in [0.29, 0.717) is 10.8 Å². The number of aromatic nitrogens is 1. The number of nitriles is 1. The van der Waals surface area contributed by atoms with Crippen molar-refractivity contribution in [2.24, 2.45) is 0 Å². The number of rotatable bonds is 2. The molecule has 0 saturated carbocycles. The molecule has 8 heteroatoms. The fraction of sp³-hybridized carbons (Fsp3) is 0.571. The molecular weight excluding hydrogens is 324 g/mol. The van der Waals surface area contributed by atoms with Gasteiger partial charge in [0, 0.05) is 32.2 Å². The van der Waals surface area contributed by atoms with E-state index in [4.69, 9.17) is 16.9 Å². The molecular formula is C14H17ClN4O2S. The summed E-state index contributed by atoms with van der Waals surface area (Å²) in [5.41, 5.74) is 0.239. The Hall–Kier alpha value is -1.36. The molecule has 0 N–H and O–H groups in total. The van der Waals surface area contributed by atoms with Crippen LogP contribution in [-0.2, 0) is 9.84 Å². The molecule has 0 aliphatic carbocycles. The number of anilines is 1. The largest absolute Gasteiger partial charge is 0.354 e. The lowest BCUT2D eigenvalue weighted by Gasteiger charge is -2.38. The van der Waals surface area contributed by atoms with Gasteiger partial charge >= 0.3 is 0 Å². The van der Waals surface area contributed by atoms with Gasteiger partial charge in [-0.15, -0.1) is 0 Å². The highest BCUT2D eigenvalue weighted by Crippen LogP contribution is 2.23. The molecule has 2 saturated heterocycles. The van der Waals surface area contributed by atoms with E-state index in [1.807, 2.05) is 12.1 Å². The highest BCUT2D eigenvalue weighted by Gasteiger charge is 2.33. The van der Waals surface area contributed by atoms with Crippen molar-refractivity contribution in [2.75, 3.05) is 42.6 Å². The van der Waals surface area contributed by atoms with Crippen molar-refractivity contribution in [1.82, 2.24) is 9.88 Å². The lowest BCUT2D eigenvalue weighted by molar-refractivity contribution is 0.200. The van der Waals surface area contributed by atoms with Crippen molar-refractivity contribution in [2.45, 2.75) is 12.5 Å². The number of pyridine rings is 1. The van der Waals surface area contributed by atoms with Crippen molar-refractivity contribution < 1.29 is 8.42 Å². The molecule has 0 radical (unpaired) electrons. The van der Waals surface area contributed by atoms with Gasteiger partial charge in [-0.1, -0.05) is 11.6 Å². The van der Waals surface area contributed by atoms with E-state index >= 15 is 0 Å². The summed E-state index contributed by atoms with van der Waals surface area (Å²) in [6, 6.07) is 5.65. The van der Waals surface area contributed by atoms with Crippen LogP contribution in [0, 0.1) is 11.3 Å². The van der Waals surface area contributed by atoms with Crippen LogP contribution in [0.4, 0.5) is 5.82 Å². The topological polar surface area (TPSA) is 77.3 Å². The van der Waals surface area contributed by atoms with E-state index in [-0.39, 0.29) is 17.5 Å². The van der Waals surface area contributed by atoms with Crippen molar-refractivity contribution in [3.05, 3.63) is 22.8 Å². The summed E-state index contributed by atoms with van der Waals surface area (Å²) < 4.78 is 23.2. The lowest BCUT2D eigenvalue weighted by atomic mass is 10.2. The molecule has 0 aromatic carbocycles. The zero-order chi connectivity index (χ0) is 15.7. The number of piperazine rings is 1. The van der Waals surface area contributed by atoms with Gasteiger partial charge in [-0.3, -0.25) is 4.90 Å². The second-order valence-corrected chi connectivity index (χ2v) is 8.33. The van der Waals surface area contributed by atoms with Gasteiger partial charge in [-0.05, 0) is 18.6 Å². The number of nitrogens with zero attached hydrogens (tertiary/aromatic N) is 4. The summed E-state index contributed by atoms with van der Waals surface area (Å²) in [6.07, 6.45) is 0.736. The molecule has 1 aromatic heterocycles. The fourth-order valence-electron chi connectivity index (χ4n) is 3.07. The Morgan fingerprint density at radius 2 is 2.00 bits per heavy atom. The molecule has 0 bridgehead atoms. The third-order valence-corrected chi connectivity index (χ3v) is 6.36. The van der Waals surface area contributed by atoms with Crippen LogP contribution in [0.25, 0.3) is 0 Å². The maximum absolute atomic E-state index is 11.6. The maximum atomic E-state index is 11.6. The third-order valence-electron chi connectivity index (χ3n) is 4.30. The summed E-state index contributed by atoms with van der Waals surface area (Å²) >= 11 is 5.90. The van der Waals surface area contributed by atoms with Crippen LogP contribution in [-0.4, -0.2) is 62.0 Å². The molecule has 0 amide bonds. The Balaban J connectivity index is 1.64. The average molecular weight is 341 g/mol. The Bertz CT molecular complexity index is 708. The van der Waals surface area contributed by atoms with Crippen LogP contribution < -0.4 is 4.90 Å². The number of hydrogen-bond donors (Lipinski definition) is 0. The third kappa shape index (κ3) is 3.19. The minimum Gasteiger partial charge on any atom is -0.354 e. The normalized spacial score (nSPS) is 25.1. The summed E-state index contributed by atoms with van der Waals surface area (Å²) in [6.45, 7) is 3.17. The van der Waals surface area contributed by atoms with Crippen LogP contribution >= 0.6 is 11.6 Å². The Labute approximate surface area is 135 Å². The molecule has 3 heterocycles. The summed E-state index contributed by atoms with van der Waals surface area (Å²) in [7, 11) is -2.84. The standard InChI is InChI=1S/C14H17ClN4O2S/c15-12-1-2-14(17-13(12)9-16)19-6-4-18(5-7-19)11-3-8-22(20,21)10-11/h1-2,11H,3-8,10H2/t11-/m1/s1. The first-order valence-corrected chi connectivity index (χ1v) is 9.44. The smallest absolute Gasteiger partial charge is 0.161 e. The molecule has 2 aliphatic heterocycles. The average Bonchev–Trinajstić information content (AvgIpc) is 2.88. The van der Waals surface area contributed by atoms with Gasteiger partial charge in [0.25, 0.3) is 0 Å². The van der Waals surface area contributed by atoms with E-state index in [1.165, 1.54) is 0 Å². The lowest BCUT2D eigenvalue weighted by Crippen LogP contribution is -2.51.